The van der Waals surface area contributed by atoms with Crippen LogP contribution in [0, 0.1) is 12.7 Å². The number of carbonyl (C=O) groups is 2. The van der Waals surface area contributed by atoms with Crippen molar-refractivity contribution in [3.8, 4) is 0 Å². The third-order valence-corrected chi connectivity index (χ3v) is 9.12. The maximum absolute atomic E-state index is 15.0. The summed E-state index contributed by atoms with van der Waals surface area (Å²) < 4.78 is 44.0. The quantitative estimate of drug-likeness (QED) is 0.179. The van der Waals surface area contributed by atoms with Gasteiger partial charge < -0.3 is 10.2 Å². The number of rotatable bonds is 14. The van der Waals surface area contributed by atoms with E-state index in [0.717, 1.165) is 28.3 Å². The lowest BCUT2D eigenvalue weighted by Crippen LogP contribution is -2.53. The van der Waals surface area contributed by atoms with Crippen LogP contribution in [-0.4, -0.2) is 44.3 Å². The first kappa shape index (κ1) is 32.4. The molecule has 0 aliphatic heterocycles. The molecular formula is C35H38FN3O4S. The number of para-hydroxylation sites is 1. The molecule has 0 heterocycles. The maximum Gasteiger partial charge on any atom is 0.264 e. The van der Waals surface area contributed by atoms with Crippen LogP contribution >= 0.6 is 0 Å². The zero-order valence-electron chi connectivity index (χ0n) is 25.0. The number of halogens is 1. The van der Waals surface area contributed by atoms with Gasteiger partial charge >= 0.3 is 0 Å². The van der Waals surface area contributed by atoms with E-state index in [0.29, 0.717) is 12.2 Å². The second kappa shape index (κ2) is 15.3. The molecule has 0 unspecified atom stereocenters. The molecule has 230 valence electrons. The summed E-state index contributed by atoms with van der Waals surface area (Å²) in [5.74, 6) is -1.55. The molecule has 1 N–H and O–H groups in total. The van der Waals surface area contributed by atoms with E-state index in [2.05, 4.69) is 5.32 Å². The molecule has 44 heavy (non-hydrogen) atoms. The van der Waals surface area contributed by atoms with Crippen molar-refractivity contribution in [3.05, 3.63) is 132 Å². The lowest BCUT2D eigenvalue weighted by atomic mass is 10.0. The lowest BCUT2D eigenvalue weighted by Gasteiger charge is -2.34. The number of benzene rings is 4. The minimum atomic E-state index is -4.19. The minimum absolute atomic E-state index is 0.0264. The molecule has 0 aliphatic rings. The summed E-state index contributed by atoms with van der Waals surface area (Å²) in [6.45, 7) is 3.46. The number of sulfonamides is 1. The highest BCUT2D eigenvalue weighted by atomic mass is 32.2. The van der Waals surface area contributed by atoms with Crippen LogP contribution in [0.4, 0.5) is 10.1 Å². The fourth-order valence-electron chi connectivity index (χ4n) is 4.83. The first-order chi connectivity index (χ1) is 21.2. The predicted molar refractivity (Wildman–Crippen MR) is 171 cm³/mol. The monoisotopic (exact) mass is 615 g/mol. The van der Waals surface area contributed by atoms with Gasteiger partial charge in [0.1, 0.15) is 18.4 Å². The molecule has 0 saturated heterocycles. The minimum Gasteiger partial charge on any atom is -0.354 e. The van der Waals surface area contributed by atoms with Crippen molar-refractivity contribution in [2.24, 2.45) is 0 Å². The van der Waals surface area contributed by atoms with E-state index in [9.17, 15) is 22.4 Å². The van der Waals surface area contributed by atoms with Crippen molar-refractivity contribution < 1.29 is 22.4 Å². The number of nitrogens with one attached hydrogen (secondary N) is 1. The van der Waals surface area contributed by atoms with Gasteiger partial charge in [0.25, 0.3) is 10.0 Å². The summed E-state index contributed by atoms with van der Waals surface area (Å²) in [5, 5.41) is 2.93. The van der Waals surface area contributed by atoms with Gasteiger partial charge in [-0.25, -0.2) is 12.8 Å². The van der Waals surface area contributed by atoms with E-state index < -0.39 is 34.3 Å². The summed E-state index contributed by atoms with van der Waals surface area (Å²) in [6, 6.07) is 29.0. The number of nitrogens with zero attached hydrogens (tertiary/aromatic N) is 2. The van der Waals surface area contributed by atoms with Gasteiger partial charge in [-0.05, 0) is 49.2 Å². The normalized spacial score (nSPS) is 11.9. The molecule has 7 nitrogen and oxygen atoms in total. The molecule has 4 aromatic rings. The molecular weight excluding hydrogens is 577 g/mol. The van der Waals surface area contributed by atoms with Gasteiger partial charge in [-0.3, -0.25) is 13.9 Å². The van der Waals surface area contributed by atoms with Crippen LogP contribution in [0.1, 0.15) is 36.5 Å². The topological polar surface area (TPSA) is 86.8 Å². The number of amides is 2. The van der Waals surface area contributed by atoms with Crippen molar-refractivity contribution in [2.45, 2.75) is 50.6 Å². The van der Waals surface area contributed by atoms with Crippen molar-refractivity contribution in [1.82, 2.24) is 10.2 Å². The standard InChI is InChI=1S/C35H38FN3O4S/c1-3-4-23-37-35(41)33(24-28-13-7-5-8-14-28)38(25-29-15-11-12-18-32(29)36)34(40)26-39(30-16-9-6-10-17-30)44(42,43)31-21-19-27(2)20-22-31/h5-22,33H,3-4,23-26H2,1-2H3,(H,37,41)/t33-/m0/s1. The Hall–Kier alpha value is -4.50. The molecule has 0 bridgehead atoms. The Balaban J connectivity index is 1.78. The van der Waals surface area contributed by atoms with Crippen molar-refractivity contribution in [2.75, 3.05) is 17.4 Å². The summed E-state index contributed by atoms with van der Waals surface area (Å²) >= 11 is 0. The summed E-state index contributed by atoms with van der Waals surface area (Å²) in [5.41, 5.74) is 2.20. The average molecular weight is 616 g/mol. The fourth-order valence-corrected chi connectivity index (χ4v) is 6.24. The molecule has 0 fully saturated rings. The van der Waals surface area contributed by atoms with Crippen LogP contribution in [0.15, 0.2) is 114 Å². The Kier molecular flexibility index (Phi) is 11.3. The van der Waals surface area contributed by atoms with Crippen LogP contribution in [-0.2, 0) is 32.6 Å². The van der Waals surface area contributed by atoms with Gasteiger partial charge in [-0.1, -0.05) is 97.8 Å². The van der Waals surface area contributed by atoms with Gasteiger partial charge in [0.2, 0.25) is 11.8 Å². The molecule has 4 aromatic carbocycles. The van der Waals surface area contributed by atoms with Crippen LogP contribution in [0.2, 0.25) is 0 Å². The number of aryl methyl sites for hydroxylation is 1. The van der Waals surface area contributed by atoms with E-state index in [1.807, 2.05) is 44.2 Å². The fraction of sp³-hybridized carbons (Fsp3) is 0.257. The van der Waals surface area contributed by atoms with Crippen LogP contribution in [0.5, 0.6) is 0 Å². The second-order valence-corrected chi connectivity index (χ2v) is 12.5. The Morgan fingerprint density at radius 2 is 1.45 bits per heavy atom. The third-order valence-electron chi connectivity index (χ3n) is 7.33. The molecule has 0 aliphatic carbocycles. The Labute approximate surface area is 259 Å². The number of hydrogen-bond acceptors (Lipinski definition) is 4. The molecule has 0 radical (unpaired) electrons. The van der Waals surface area contributed by atoms with Crippen LogP contribution in [0.3, 0.4) is 0 Å². The maximum atomic E-state index is 15.0. The van der Waals surface area contributed by atoms with Gasteiger partial charge in [-0.15, -0.1) is 0 Å². The average Bonchev–Trinajstić information content (AvgIpc) is 3.03. The third kappa shape index (κ3) is 8.32. The molecule has 9 heteroatoms. The van der Waals surface area contributed by atoms with E-state index >= 15 is 0 Å². The van der Waals surface area contributed by atoms with Crippen molar-refractivity contribution in [1.29, 1.82) is 0 Å². The van der Waals surface area contributed by atoms with Crippen molar-refractivity contribution >= 4 is 27.5 Å². The van der Waals surface area contributed by atoms with Crippen molar-refractivity contribution in [3.63, 3.8) is 0 Å². The molecule has 4 rings (SSSR count). The Morgan fingerprint density at radius 3 is 2.09 bits per heavy atom. The summed E-state index contributed by atoms with van der Waals surface area (Å²) in [6.07, 6.45) is 1.78. The lowest BCUT2D eigenvalue weighted by molar-refractivity contribution is -0.140. The van der Waals surface area contributed by atoms with E-state index in [-0.39, 0.29) is 29.3 Å². The van der Waals surface area contributed by atoms with Gasteiger partial charge in [-0.2, -0.15) is 0 Å². The van der Waals surface area contributed by atoms with E-state index in [1.165, 1.54) is 23.1 Å². The number of unbranched alkanes of at least 4 members (excludes halogenated alkanes) is 1. The second-order valence-electron chi connectivity index (χ2n) is 10.6. The number of hydrogen-bond donors (Lipinski definition) is 1. The van der Waals surface area contributed by atoms with Gasteiger partial charge in [0, 0.05) is 25.1 Å². The first-order valence-electron chi connectivity index (χ1n) is 14.7. The van der Waals surface area contributed by atoms with Crippen LogP contribution in [0.25, 0.3) is 0 Å². The number of carbonyl (C=O) groups excluding carboxylic acids is 2. The smallest absolute Gasteiger partial charge is 0.264 e. The number of anilines is 1. The highest BCUT2D eigenvalue weighted by Gasteiger charge is 2.34. The zero-order chi connectivity index (χ0) is 31.5. The highest BCUT2D eigenvalue weighted by Crippen LogP contribution is 2.25. The predicted octanol–water partition coefficient (Wildman–Crippen LogP) is 5.89. The summed E-state index contributed by atoms with van der Waals surface area (Å²) in [7, 11) is -4.19. The Morgan fingerprint density at radius 1 is 0.841 bits per heavy atom. The zero-order valence-corrected chi connectivity index (χ0v) is 25.8. The van der Waals surface area contributed by atoms with Crippen LogP contribution < -0.4 is 9.62 Å². The van der Waals surface area contributed by atoms with E-state index in [4.69, 9.17) is 0 Å². The molecule has 1 atom stereocenters. The largest absolute Gasteiger partial charge is 0.354 e. The van der Waals surface area contributed by atoms with Gasteiger partial charge in [0.05, 0.1) is 10.6 Å². The molecule has 2 amide bonds. The first-order valence-corrected chi connectivity index (χ1v) is 16.1. The highest BCUT2D eigenvalue weighted by molar-refractivity contribution is 7.92. The SMILES string of the molecule is CCCCNC(=O)[C@H](Cc1ccccc1)N(Cc1ccccc1F)C(=O)CN(c1ccccc1)S(=O)(=O)c1ccc(C)cc1. The van der Waals surface area contributed by atoms with Gasteiger partial charge in [0.15, 0.2) is 0 Å². The Bertz CT molecular complexity index is 1630. The molecule has 0 aromatic heterocycles. The molecule has 0 spiro atoms. The van der Waals surface area contributed by atoms with E-state index in [1.54, 1.807) is 60.7 Å². The summed E-state index contributed by atoms with van der Waals surface area (Å²) in [4.78, 5) is 29.4. The molecule has 0 saturated carbocycles.